The molecule has 3 fully saturated rings. The molecule has 1 saturated heterocycles. The molecule has 1 aliphatic heterocycles. The van der Waals surface area contributed by atoms with Crippen LogP contribution in [0.25, 0.3) is 0 Å². The predicted molar refractivity (Wildman–Crippen MR) is 94.1 cm³/mol. The summed E-state index contributed by atoms with van der Waals surface area (Å²) in [5, 5.41) is 7.25. The molecular formula is C19H28N4O2. The van der Waals surface area contributed by atoms with Crippen LogP contribution >= 0.6 is 0 Å². The second kappa shape index (κ2) is 6.46. The number of hydrogen-bond donors (Lipinski definition) is 1. The lowest BCUT2D eigenvalue weighted by Crippen LogP contribution is -2.48. The molecule has 0 unspecified atom stereocenters. The van der Waals surface area contributed by atoms with Gasteiger partial charge in [-0.3, -0.25) is 14.7 Å². The van der Waals surface area contributed by atoms with Gasteiger partial charge in [-0.1, -0.05) is 13.8 Å². The second-order valence-electron chi connectivity index (χ2n) is 8.28. The van der Waals surface area contributed by atoms with Crippen LogP contribution in [0.15, 0.2) is 6.07 Å². The summed E-state index contributed by atoms with van der Waals surface area (Å²) in [6.45, 7) is 6.25. The third kappa shape index (κ3) is 3.58. The normalized spacial score (nSPS) is 24.8. The van der Waals surface area contributed by atoms with E-state index in [1.807, 2.05) is 11.0 Å². The van der Waals surface area contributed by atoms with Gasteiger partial charge in [-0.15, -0.1) is 0 Å². The average molecular weight is 344 g/mol. The summed E-state index contributed by atoms with van der Waals surface area (Å²) >= 11 is 0. The van der Waals surface area contributed by atoms with Gasteiger partial charge in [0.05, 0.1) is 6.04 Å². The van der Waals surface area contributed by atoms with Crippen molar-refractivity contribution in [1.29, 1.82) is 0 Å². The Balaban J connectivity index is 1.50. The molecule has 1 aromatic heterocycles. The van der Waals surface area contributed by atoms with Crippen molar-refractivity contribution >= 4 is 11.8 Å². The molecule has 1 aromatic rings. The molecule has 2 amide bonds. The number of carbonyl (C=O) groups excluding carboxylic acids is 2. The lowest BCUT2D eigenvalue weighted by molar-refractivity contribution is -0.133. The minimum atomic E-state index is -0.0464. The van der Waals surface area contributed by atoms with E-state index in [4.69, 9.17) is 0 Å². The standard InChI is InChI=1S/C19H28N4O2/c1-12(2)17-11-22(8-7-18(24)23(17)10-13-3-4-13)19(25)16-9-15(20-21-16)14-5-6-14/h9,12-14,17H,3-8,10-11H2,1-2H3,(H,20,21)/t17-/m0/s1. The van der Waals surface area contributed by atoms with Crippen molar-refractivity contribution in [3.8, 4) is 0 Å². The fraction of sp³-hybridized carbons (Fsp3) is 0.737. The van der Waals surface area contributed by atoms with Crippen molar-refractivity contribution < 1.29 is 9.59 Å². The highest BCUT2D eigenvalue weighted by atomic mass is 16.2. The molecule has 2 saturated carbocycles. The van der Waals surface area contributed by atoms with Crippen LogP contribution in [0.1, 0.15) is 68.1 Å². The van der Waals surface area contributed by atoms with Crippen molar-refractivity contribution in [3.63, 3.8) is 0 Å². The van der Waals surface area contributed by atoms with Crippen molar-refractivity contribution in [3.05, 3.63) is 17.5 Å². The second-order valence-corrected chi connectivity index (χ2v) is 8.28. The fourth-order valence-corrected chi connectivity index (χ4v) is 3.76. The van der Waals surface area contributed by atoms with Gasteiger partial charge >= 0.3 is 0 Å². The number of nitrogens with one attached hydrogen (secondary N) is 1. The highest BCUT2D eigenvalue weighted by molar-refractivity contribution is 5.93. The average Bonchev–Trinajstić information content (AvgIpc) is 3.51. The lowest BCUT2D eigenvalue weighted by Gasteiger charge is -2.34. The monoisotopic (exact) mass is 344 g/mol. The van der Waals surface area contributed by atoms with E-state index in [1.54, 1.807) is 0 Å². The minimum Gasteiger partial charge on any atom is -0.337 e. The van der Waals surface area contributed by atoms with Crippen LogP contribution < -0.4 is 0 Å². The van der Waals surface area contributed by atoms with E-state index in [-0.39, 0.29) is 17.9 Å². The van der Waals surface area contributed by atoms with Crippen molar-refractivity contribution in [2.45, 2.75) is 57.9 Å². The molecular weight excluding hydrogens is 316 g/mol. The predicted octanol–water partition coefficient (Wildman–Crippen LogP) is 2.40. The van der Waals surface area contributed by atoms with E-state index < -0.39 is 0 Å². The third-order valence-corrected chi connectivity index (χ3v) is 5.77. The van der Waals surface area contributed by atoms with Crippen molar-refractivity contribution in [2.75, 3.05) is 19.6 Å². The first-order valence-electron chi connectivity index (χ1n) is 9.67. The molecule has 0 bridgehead atoms. The van der Waals surface area contributed by atoms with Gasteiger partial charge < -0.3 is 9.80 Å². The summed E-state index contributed by atoms with van der Waals surface area (Å²) in [5.74, 6) is 1.70. The van der Waals surface area contributed by atoms with E-state index in [0.29, 0.717) is 43.0 Å². The number of nitrogens with zero attached hydrogens (tertiary/aromatic N) is 3. The molecule has 0 aromatic carbocycles. The van der Waals surface area contributed by atoms with Gasteiger partial charge in [0.25, 0.3) is 5.91 Å². The molecule has 2 heterocycles. The van der Waals surface area contributed by atoms with Crippen molar-refractivity contribution in [1.82, 2.24) is 20.0 Å². The maximum absolute atomic E-state index is 12.9. The van der Waals surface area contributed by atoms with E-state index in [1.165, 1.54) is 25.7 Å². The first-order valence-corrected chi connectivity index (χ1v) is 9.67. The molecule has 4 rings (SSSR count). The molecule has 1 atom stereocenters. The summed E-state index contributed by atoms with van der Waals surface area (Å²) in [4.78, 5) is 29.5. The first-order chi connectivity index (χ1) is 12.0. The van der Waals surface area contributed by atoms with Gasteiger partial charge in [0.15, 0.2) is 0 Å². The van der Waals surface area contributed by atoms with Gasteiger partial charge in [0.2, 0.25) is 5.91 Å². The Morgan fingerprint density at radius 3 is 2.72 bits per heavy atom. The molecule has 1 N–H and O–H groups in total. The molecule has 2 aliphatic carbocycles. The third-order valence-electron chi connectivity index (χ3n) is 5.77. The minimum absolute atomic E-state index is 0.0464. The lowest BCUT2D eigenvalue weighted by atomic mass is 10.0. The number of aromatic amines is 1. The zero-order valence-corrected chi connectivity index (χ0v) is 15.2. The van der Waals surface area contributed by atoms with Crippen LogP contribution in [0.2, 0.25) is 0 Å². The topological polar surface area (TPSA) is 69.3 Å². The molecule has 3 aliphatic rings. The maximum Gasteiger partial charge on any atom is 0.274 e. The van der Waals surface area contributed by atoms with Crippen LogP contribution in [-0.4, -0.2) is 57.5 Å². The van der Waals surface area contributed by atoms with E-state index in [0.717, 1.165) is 12.2 Å². The maximum atomic E-state index is 12.9. The summed E-state index contributed by atoms with van der Waals surface area (Å²) in [6, 6.07) is 2.00. The Morgan fingerprint density at radius 2 is 2.08 bits per heavy atom. The smallest absolute Gasteiger partial charge is 0.274 e. The van der Waals surface area contributed by atoms with Crippen LogP contribution in [0.4, 0.5) is 0 Å². The number of rotatable bonds is 5. The molecule has 136 valence electrons. The van der Waals surface area contributed by atoms with Crippen LogP contribution in [-0.2, 0) is 4.79 Å². The Labute approximate surface area is 148 Å². The van der Waals surface area contributed by atoms with Crippen LogP contribution in [0.3, 0.4) is 0 Å². The zero-order valence-electron chi connectivity index (χ0n) is 15.2. The number of amides is 2. The number of hydrogen-bond acceptors (Lipinski definition) is 3. The molecule has 6 heteroatoms. The van der Waals surface area contributed by atoms with Gasteiger partial charge in [0.1, 0.15) is 5.69 Å². The number of aromatic nitrogens is 2. The zero-order chi connectivity index (χ0) is 17.6. The quantitative estimate of drug-likeness (QED) is 0.892. The SMILES string of the molecule is CC(C)[C@@H]1CN(C(=O)c2cc(C3CC3)[nH]n2)CCC(=O)N1CC1CC1. The Bertz CT molecular complexity index is 660. The van der Waals surface area contributed by atoms with Crippen LogP contribution in [0.5, 0.6) is 0 Å². The summed E-state index contributed by atoms with van der Waals surface area (Å²) in [7, 11) is 0. The highest BCUT2D eigenvalue weighted by Crippen LogP contribution is 2.39. The molecule has 0 radical (unpaired) electrons. The summed E-state index contributed by atoms with van der Waals surface area (Å²) in [6.07, 6.45) is 5.24. The summed E-state index contributed by atoms with van der Waals surface area (Å²) < 4.78 is 0. The summed E-state index contributed by atoms with van der Waals surface area (Å²) in [5.41, 5.74) is 1.57. The fourth-order valence-electron chi connectivity index (χ4n) is 3.76. The Hall–Kier alpha value is -1.85. The molecule has 25 heavy (non-hydrogen) atoms. The van der Waals surface area contributed by atoms with Gasteiger partial charge in [-0.2, -0.15) is 5.10 Å². The van der Waals surface area contributed by atoms with Gasteiger partial charge in [-0.25, -0.2) is 0 Å². The highest BCUT2D eigenvalue weighted by Gasteiger charge is 2.37. The van der Waals surface area contributed by atoms with Crippen molar-refractivity contribution in [2.24, 2.45) is 11.8 Å². The van der Waals surface area contributed by atoms with Gasteiger partial charge in [0, 0.05) is 37.7 Å². The molecule has 6 nitrogen and oxygen atoms in total. The van der Waals surface area contributed by atoms with E-state index in [9.17, 15) is 9.59 Å². The molecule has 0 spiro atoms. The van der Waals surface area contributed by atoms with Crippen LogP contribution in [0, 0.1) is 11.8 Å². The Morgan fingerprint density at radius 1 is 1.32 bits per heavy atom. The largest absolute Gasteiger partial charge is 0.337 e. The Kier molecular flexibility index (Phi) is 4.29. The number of carbonyl (C=O) groups is 2. The van der Waals surface area contributed by atoms with Gasteiger partial charge in [-0.05, 0) is 43.6 Å². The number of H-pyrrole nitrogens is 1. The van der Waals surface area contributed by atoms with E-state index in [2.05, 4.69) is 28.9 Å². The first kappa shape index (κ1) is 16.6. The van der Waals surface area contributed by atoms with E-state index >= 15 is 0 Å².